The quantitative estimate of drug-likeness (QED) is 0.707. The van der Waals surface area contributed by atoms with Gasteiger partial charge in [-0.2, -0.15) is 0 Å². The topological polar surface area (TPSA) is 44.3 Å². The fourth-order valence-corrected chi connectivity index (χ4v) is 3.75. The van der Waals surface area contributed by atoms with E-state index in [0.29, 0.717) is 23.9 Å². The van der Waals surface area contributed by atoms with Gasteiger partial charge in [-0.1, -0.05) is 24.3 Å². The van der Waals surface area contributed by atoms with Gasteiger partial charge in [-0.25, -0.2) is 0 Å². The number of hydrogen-bond acceptors (Lipinski definition) is 3. The van der Waals surface area contributed by atoms with Gasteiger partial charge in [-0.15, -0.1) is 0 Å². The Balaban J connectivity index is 1.83. The SMILES string of the molecule is Cc1ccccc1C1CC(O)C2C(C)NNC2C1. The summed E-state index contributed by atoms with van der Waals surface area (Å²) in [7, 11) is 0. The van der Waals surface area contributed by atoms with Gasteiger partial charge in [0, 0.05) is 18.0 Å². The van der Waals surface area contributed by atoms with Gasteiger partial charge in [0.15, 0.2) is 0 Å². The molecule has 0 spiro atoms. The highest BCUT2D eigenvalue weighted by Gasteiger charge is 2.43. The molecule has 5 atom stereocenters. The number of aryl methyl sites for hydroxylation is 1. The van der Waals surface area contributed by atoms with Gasteiger partial charge >= 0.3 is 0 Å². The second kappa shape index (κ2) is 4.65. The van der Waals surface area contributed by atoms with Gasteiger partial charge < -0.3 is 5.11 Å². The van der Waals surface area contributed by atoms with Gasteiger partial charge in [0.05, 0.1) is 6.10 Å². The summed E-state index contributed by atoms with van der Waals surface area (Å²) in [4.78, 5) is 0. The van der Waals surface area contributed by atoms with Crippen LogP contribution in [0.15, 0.2) is 24.3 Å². The molecule has 1 aromatic rings. The summed E-state index contributed by atoms with van der Waals surface area (Å²) in [6.07, 6.45) is 1.80. The molecule has 18 heavy (non-hydrogen) atoms. The van der Waals surface area contributed by atoms with Gasteiger partial charge in [0.25, 0.3) is 0 Å². The maximum absolute atomic E-state index is 10.4. The summed E-state index contributed by atoms with van der Waals surface area (Å²) >= 11 is 0. The molecule has 0 bridgehead atoms. The van der Waals surface area contributed by atoms with Crippen LogP contribution in [0.2, 0.25) is 0 Å². The highest BCUT2D eigenvalue weighted by molar-refractivity contribution is 5.30. The molecule has 5 unspecified atom stereocenters. The molecule has 2 fully saturated rings. The largest absolute Gasteiger partial charge is 0.393 e. The summed E-state index contributed by atoms with van der Waals surface area (Å²) in [6, 6.07) is 9.31. The van der Waals surface area contributed by atoms with Gasteiger partial charge in [-0.3, -0.25) is 10.9 Å². The minimum atomic E-state index is -0.203. The second-order valence-corrected chi connectivity index (χ2v) is 5.85. The maximum Gasteiger partial charge on any atom is 0.0605 e. The van der Waals surface area contributed by atoms with E-state index in [9.17, 15) is 5.11 Å². The van der Waals surface area contributed by atoms with Crippen molar-refractivity contribution in [3.63, 3.8) is 0 Å². The Morgan fingerprint density at radius 3 is 2.72 bits per heavy atom. The lowest BCUT2D eigenvalue weighted by Gasteiger charge is -2.37. The summed E-state index contributed by atoms with van der Waals surface area (Å²) in [5.41, 5.74) is 9.36. The number of rotatable bonds is 1. The van der Waals surface area contributed by atoms with Crippen molar-refractivity contribution in [2.75, 3.05) is 0 Å². The molecule has 0 amide bonds. The number of hydrazine groups is 1. The first-order valence-corrected chi connectivity index (χ1v) is 6.91. The molecular weight excluding hydrogens is 224 g/mol. The van der Waals surface area contributed by atoms with Crippen molar-refractivity contribution in [1.29, 1.82) is 0 Å². The zero-order chi connectivity index (χ0) is 12.7. The van der Waals surface area contributed by atoms with Crippen LogP contribution in [0.5, 0.6) is 0 Å². The fraction of sp³-hybridized carbons (Fsp3) is 0.600. The highest BCUT2D eigenvalue weighted by atomic mass is 16.3. The van der Waals surface area contributed by atoms with Crippen molar-refractivity contribution in [2.24, 2.45) is 5.92 Å². The first kappa shape index (κ1) is 12.2. The number of aliphatic hydroxyl groups is 1. The monoisotopic (exact) mass is 246 g/mol. The van der Waals surface area contributed by atoms with E-state index in [2.05, 4.69) is 49.0 Å². The van der Waals surface area contributed by atoms with E-state index in [1.165, 1.54) is 11.1 Å². The van der Waals surface area contributed by atoms with Crippen molar-refractivity contribution in [2.45, 2.75) is 50.8 Å². The van der Waals surface area contributed by atoms with Crippen LogP contribution in [-0.4, -0.2) is 23.3 Å². The van der Waals surface area contributed by atoms with Crippen molar-refractivity contribution in [3.05, 3.63) is 35.4 Å². The molecule has 1 heterocycles. The average molecular weight is 246 g/mol. The molecule has 1 aliphatic heterocycles. The molecule has 1 saturated heterocycles. The molecule has 1 saturated carbocycles. The molecular formula is C15H22N2O. The van der Waals surface area contributed by atoms with E-state index < -0.39 is 0 Å². The number of fused-ring (bicyclic) bond motifs is 1. The van der Waals surface area contributed by atoms with E-state index in [4.69, 9.17) is 0 Å². The fourth-order valence-electron chi connectivity index (χ4n) is 3.75. The van der Waals surface area contributed by atoms with Crippen LogP contribution >= 0.6 is 0 Å². The number of nitrogens with one attached hydrogen (secondary N) is 2. The summed E-state index contributed by atoms with van der Waals surface area (Å²) < 4.78 is 0. The average Bonchev–Trinajstić information content (AvgIpc) is 2.72. The molecule has 0 aromatic heterocycles. The first-order valence-electron chi connectivity index (χ1n) is 6.91. The van der Waals surface area contributed by atoms with Crippen molar-refractivity contribution < 1.29 is 5.11 Å². The summed E-state index contributed by atoms with van der Waals surface area (Å²) in [5, 5.41) is 10.4. The van der Waals surface area contributed by atoms with Crippen molar-refractivity contribution >= 4 is 0 Å². The van der Waals surface area contributed by atoms with Crippen molar-refractivity contribution in [3.8, 4) is 0 Å². The van der Waals surface area contributed by atoms with E-state index in [0.717, 1.165) is 12.8 Å². The molecule has 98 valence electrons. The minimum absolute atomic E-state index is 0.203. The maximum atomic E-state index is 10.4. The van der Waals surface area contributed by atoms with E-state index in [1.54, 1.807) is 0 Å². The van der Waals surface area contributed by atoms with Gasteiger partial charge in [0.2, 0.25) is 0 Å². The Kier molecular flexibility index (Phi) is 3.14. The zero-order valence-corrected chi connectivity index (χ0v) is 11.1. The standard InChI is InChI=1S/C15H22N2O/c1-9-5-3-4-6-12(9)11-7-13-15(14(18)8-11)10(2)16-17-13/h3-6,10-11,13-18H,7-8H2,1-2H3. The molecule has 1 aromatic carbocycles. The van der Waals surface area contributed by atoms with Crippen molar-refractivity contribution in [1.82, 2.24) is 10.9 Å². The normalized spacial score (nSPS) is 39.6. The Morgan fingerprint density at radius 2 is 1.94 bits per heavy atom. The third-order valence-corrected chi connectivity index (χ3v) is 4.68. The van der Waals surface area contributed by atoms with E-state index in [-0.39, 0.29) is 6.10 Å². The van der Waals surface area contributed by atoms with Crippen LogP contribution in [0.25, 0.3) is 0 Å². The van der Waals surface area contributed by atoms with Crippen LogP contribution in [-0.2, 0) is 0 Å². The van der Waals surface area contributed by atoms with Crippen LogP contribution in [0, 0.1) is 12.8 Å². The number of hydrogen-bond donors (Lipinski definition) is 3. The molecule has 3 nitrogen and oxygen atoms in total. The van der Waals surface area contributed by atoms with Crippen LogP contribution in [0.1, 0.15) is 36.8 Å². The first-order chi connectivity index (χ1) is 8.66. The summed E-state index contributed by atoms with van der Waals surface area (Å²) in [5.74, 6) is 0.826. The van der Waals surface area contributed by atoms with E-state index in [1.807, 2.05) is 0 Å². The minimum Gasteiger partial charge on any atom is -0.393 e. The lowest BCUT2D eigenvalue weighted by Crippen LogP contribution is -2.43. The Bertz CT molecular complexity index is 434. The zero-order valence-electron chi connectivity index (χ0n) is 11.1. The molecule has 3 rings (SSSR count). The molecule has 2 aliphatic rings. The molecule has 1 aliphatic carbocycles. The lowest BCUT2D eigenvalue weighted by atomic mass is 9.72. The number of benzene rings is 1. The molecule has 3 heteroatoms. The predicted molar refractivity (Wildman–Crippen MR) is 72.2 cm³/mol. The predicted octanol–water partition coefficient (Wildman–Crippen LogP) is 1.71. The van der Waals surface area contributed by atoms with Gasteiger partial charge in [-0.05, 0) is 43.7 Å². The third kappa shape index (κ3) is 1.96. The third-order valence-electron chi connectivity index (χ3n) is 4.68. The van der Waals surface area contributed by atoms with E-state index >= 15 is 0 Å². The summed E-state index contributed by atoms with van der Waals surface area (Å²) in [6.45, 7) is 4.31. The second-order valence-electron chi connectivity index (χ2n) is 5.85. The van der Waals surface area contributed by atoms with Crippen LogP contribution < -0.4 is 10.9 Å². The lowest BCUT2D eigenvalue weighted by molar-refractivity contribution is 0.0497. The molecule has 3 N–H and O–H groups in total. The number of aliphatic hydroxyl groups excluding tert-OH is 1. The van der Waals surface area contributed by atoms with Crippen LogP contribution in [0.4, 0.5) is 0 Å². The highest BCUT2D eigenvalue weighted by Crippen LogP contribution is 2.39. The molecule has 0 radical (unpaired) electrons. The Morgan fingerprint density at radius 1 is 1.17 bits per heavy atom. The van der Waals surface area contributed by atoms with Crippen LogP contribution in [0.3, 0.4) is 0 Å². The Hall–Kier alpha value is -0.900. The Labute approximate surface area is 109 Å². The smallest absolute Gasteiger partial charge is 0.0605 e. The van der Waals surface area contributed by atoms with Gasteiger partial charge in [0.1, 0.15) is 0 Å².